The lowest BCUT2D eigenvalue weighted by Crippen LogP contribution is -2.37. The number of benzene rings is 3. The first kappa shape index (κ1) is 32.9. The van der Waals surface area contributed by atoms with Gasteiger partial charge in [0.1, 0.15) is 0 Å². The van der Waals surface area contributed by atoms with Gasteiger partial charge in [0, 0.05) is 16.1 Å². The molecular formula is C32H34F3N3O5S. The van der Waals surface area contributed by atoms with Gasteiger partial charge in [-0.3, -0.25) is 4.79 Å². The van der Waals surface area contributed by atoms with Gasteiger partial charge in [-0.05, 0) is 83.6 Å². The Morgan fingerprint density at radius 2 is 1.50 bits per heavy atom. The monoisotopic (exact) mass is 629 g/mol. The Kier molecular flexibility index (Phi) is 11.3. The molecule has 234 valence electrons. The van der Waals surface area contributed by atoms with E-state index in [2.05, 4.69) is 32.8 Å². The van der Waals surface area contributed by atoms with Crippen LogP contribution in [-0.4, -0.2) is 48.3 Å². The lowest BCUT2D eigenvalue weighted by molar-refractivity contribution is -0.149. The molecule has 1 unspecified atom stereocenters. The van der Waals surface area contributed by atoms with Crippen LogP contribution in [0.2, 0.25) is 0 Å². The number of urea groups is 1. The van der Waals surface area contributed by atoms with E-state index in [9.17, 15) is 32.7 Å². The number of amides is 3. The quantitative estimate of drug-likeness (QED) is 0.150. The highest BCUT2D eigenvalue weighted by atomic mass is 32.2. The first-order chi connectivity index (χ1) is 21.0. The molecule has 0 bridgehead atoms. The van der Waals surface area contributed by atoms with E-state index >= 15 is 0 Å². The summed E-state index contributed by atoms with van der Waals surface area (Å²) in [7, 11) is 1.13. The summed E-state index contributed by atoms with van der Waals surface area (Å²) in [5, 5.41) is 17.8. The number of carbonyl (C=O) groups excluding carboxylic acids is 3. The summed E-state index contributed by atoms with van der Waals surface area (Å²) in [6.07, 6.45) is 4.45. The van der Waals surface area contributed by atoms with Gasteiger partial charge in [0.2, 0.25) is 0 Å². The summed E-state index contributed by atoms with van der Waals surface area (Å²) in [6.45, 7) is -0.319. The third-order valence-corrected chi connectivity index (χ3v) is 8.14. The van der Waals surface area contributed by atoms with Crippen molar-refractivity contribution in [2.45, 2.75) is 60.6 Å². The number of halogens is 3. The second-order valence-corrected chi connectivity index (χ2v) is 11.6. The van der Waals surface area contributed by atoms with E-state index in [1.54, 1.807) is 24.3 Å². The van der Waals surface area contributed by atoms with Gasteiger partial charge in [-0.2, -0.15) is 13.2 Å². The largest absolute Gasteiger partial charge is 0.467 e. The van der Waals surface area contributed by atoms with Crippen LogP contribution in [0.15, 0.2) is 77.7 Å². The highest BCUT2D eigenvalue weighted by Crippen LogP contribution is 2.37. The fraction of sp³-hybridized carbons (Fsp3) is 0.344. The van der Waals surface area contributed by atoms with E-state index in [1.807, 2.05) is 12.1 Å². The zero-order valence-corrected chi connectivity index (χ0v) is 24.8. The number of thioether (sulfide) groups is 1. The van der Waals surface area contributed by atoms with Crippen molar-refractivity contribution in [3.05, 3.63) is 95.1 Å². The molecular weight excluding hydrogens is 595 g/mol. The molecule has 3 aromatic carbocycles. The summed E-state index contributed by atoms with van der Waals surface area (Å²) < 4.78 is 42.4. The van der Waals surface area contributed by atoms with Gasteiger partial charge in [0.25, 0.3) is 5.91 Å². The number of aliphatic hydroxyl groups excluding tert-OH is 1. The number of hydrogen-bond donors (Lipinski definition) is 4. The number of methoxy groups -OCH3 is 1. The first-order valence-corrected chi connectivity index (χ1v) is 15.0. The van der Waals surface area contributed by atoms with Gasteiger partial charge < -0.3 is 25.8 Å². The number of hydrogen-bond acceptors (Lipinski definition) is 6. The van der Waals surface area contributed by atoms with E-state index < -0.39 is 35.6 Å². The standard InChI is InChI=1S/C32H34F3N3O5S/c1-43-30(41)27(39)19-36-29(40)24-13-11-23(12-14-24)28(22-9-7-21(8-10-22)20-5-3-2-4-6-20)38-31(42)37-25-15-17-26(18-16-25)44-32(33,34)35/h7-18,20,27-28,39H,2-6,19H2,1H3,(H,36,40)(H2,37,38,42)/t27-,28?/m1/s1. The number of ether oxygens (including phenoxy) is 1. The molecule has 0 aromatic heterocycles. The normalized spacial score (nSPS) is 15.1. The molecule has 0 heterocycles. The molecule has 0 radical (unpaired) electrons. The molecule has 2 atom stereocenters. The SMILES string of the molecule is COC(=O)[C@H](O)CNC(=O)c1ccc(C(NC(=O)Nc2ccc(SC(F)(F)F)cc2)c2ccc(C3CCCCC3)cc2)cc1. The Morgan fingerprint density at radius 3 is 2.07 bits per heavy atom. The van der Waals surface area contributed by atoms with Crippen molar-refractivity contribution in [2.24, 2.45) is 0 Å². The summed E-state index contributed by atoms with van der Waals surface area (Å²) >= 11 is -0.235. The van der Waals surface area contributed by atoms with Crippen molar-refractivity contribution >= 4 is 35.4 Å². The number of carbonyl (C=O) groups is 3. The fourth-order valence-electron chi connectivity index (χ4n) is 5.13. The van der Waals surface area contributed by atoms with Crippen LogP contribution in [0.5, 0.6) is 0 Å². The first-order valence-electron chi connectivity index (χ1n) is 14.2. The topological polar surface area (TPSA) is 117 Å². The minimum atomic E-state index is -4.41. The lowest BCUT2D eigenvalue weighted by atomic mass is 9.83. The molecule has 4 rings (SSSR count). The van der Waals surface area contributed by atoms with Crippen LogP contribution in [0, 0.1) is 0 Å². The van der Waals surface area contributed by atoms with E-state index in [0.29, 0.717) is 17.2 Å². The van der Waals surface area contributed by atoms with Crippen molar-refractivity contribution in [3.8, 4) is 0 Å². The van der Waals surface area contributed by atoms with Crippen LogP contribution in [0.1, 0.15) is 71.1 Å². The predicted octanol–water partition coefficient (Wildman–Crippen LogP) is 6.52. The van der Waals surface area contributed by atoms with Crippen LogP contribution >= 0.6 is 11.8 Å². The summed E-state index contributed by atoms with van der Waals surface area (Å²) in [5.41, 5.74) is -1.09. The lowest BCUT2D eigenvalue weighted by Gasteiger charge is -2.24. The van der Waals surface area contributed by atoms with Crippen molar-refractivity contribution in [2.75, 3.05) is 19.0 Å². The van der Waals surface area contributed by atoms with Crippen LogP contribution in [0.3, 0.4) is 0 Å². The van der Waals surface area contributed by atoms with E-state index in [4.69, 9.17) is 0 Å². The molecule has 1 fully saturated rings. The number of aliphatic hydroxyl groups is 1. The zero-order chi connectivity index (χ0) is 31.7. The van der Waals surface area contributed by atoms with Gasteiger partial charge in [-0.1, -0.05) is 55.7 Å². The molecule has 3 amide bonds. The second kappa shape index (κ2) is 15.1. The minimum Gasteiger partial charge on any atom is -0.467 e. The molecule has 1 saturated carbocycles. The molecule has 0 aliphatic heterocycles. The maximum absolute atomic E-state index is 13.1. The maximum Gasteiger partial charge on any atom is 0.446 e. The van der Waals surface area contributed by atoms with Crippen molar-refractivity contribution in [1.82, 2.24) is 10.6 Å². The maximum atomic E-state index is 13.1. The van der Waals surface area contributed by atoms with Gasteiger partial charge in [-0.15, -0.1) is 0 Å². The third-order valence-electron chi connectivity index (χ3n) is 7.40. The number of rotatable bonds is 10. The Labute approximate surface area is 257 Å². The fourth-order valence-corrected chi connectivity index (χ4v) is 5.67. The van der Waals surface area contributed by atoms with E-state index in [1.165, 1.54) is 49.1 Å². The van der Waals surface area contributed by atoms with Crippen LogP contribution < -0.4 is 16.0 Å². The Bertz CT molecular complexity index is 1410. The Hall–Kier alpha value is -4.03. The highest BCUT2D eigenvalue weighted by molar-refractivity contribution is 8.00. The average molecular weight is 630 g/mol. The number of alkyl halides is 3. The van der Waals surface area contributed by atoms with Gasteiger partial charge in [0.15, 0.2) is 6.10 Å². The van der Waals surface area contributed by atoms with Crippen LogP contribution in [-0.2, 0) is 9.53 Å². The number of esters is 1. The molecule has 44 heavy (non-hydrogen) atoms. The summed E-state index contributed by atoms with van der Waals surface area (Å²) in [4.78, 5) is 37.0. The molecule has 0 saturated heterocycles. The molecule has 1 aliphatic carbocycles. The van der Waals surface area contributed by atoms with Crippen molar-refractivity contribution in [3.63, 3.8) is 0 Å². The molecule has 1 aliphatic rings. The van der Waals surface area contributed by atoms with Gasteiger partial charge in [0.05, 0.1) is 19.7 Å². The van der Waals surface area contributed by atoms with E-state index in [-0.39, 0.29) is 28.8 Å². The molecule has 4 N–H and O–H groups in total. The van der Waals surface area contributed by atoms with Gasteiger partial charge in [-0.25, -0.2) is 9.59 Å². The number of nitrogens with one attached hydrogen (secondary N) is 3. The highest BCUT2D eigenvalue weighted by Gasteiger charge is 2.29. The predicted molar refractivity (Wildman–Crippen MR) is 161 cm³/mol. The summed E-state index contributed by atoms with van der Waals surface area (Å²) in [5.74, 6) is -0.870. The van der Waals surface area contributed by atoms with Crippen LogP contribution in [0.25, 0.3) is 0 Å². The third kappa shape index (κ3) is 9.48. The molecule has 3 aromatic rings. The molecule has 0 spiro atoms. The Morgan fingerprint density at radius 1 is 0.909 bits per heavy atom. The smallest absolute Gasteiger partial charge is 0.446 e. The van der Waals surface area contributed by atoms with E-state index in [0.717, 1.165) is 25.5 Å². The van der Waals surface area contributed by atoms with Crippen molar-refractivity contribution in [1.29, 1.82) is 0 Å². The number of anilines is 1. The van der Waals surface area contributed by atoms with Crippen LogP contribution in [0.4, 0.5) is 23.7 Å². The summed E-state index contributed by atoms with van der Waals surface area (Å²) in [6, 6.07) is 18.8. The molecule has 8 nitrogen and oxygen atoms in total. The second-order valence-electron chi connectivity index (χ2n) is 10.5. The van der Waals surface area contributed by atoms with Gasteiger partial charge >= 0.3 is 17.5 Å². The zero-order valence-electron chi connectivity index (χ0n) is 24.0. The van der Waals surface area contributed by atoms with Crippen molar-refractivity contribution < 1.29 is 37.4 Å². The Balaban J connectivity index is 1.50. The molecule has 12 heteroatoms. The minimum absolute atomic E-state index is 0.00308. The average Bonchev–Trinajstić information content (AvgIpc) is 3.03.